The highest BCUT2D eigenvalue weighted by Crippen LogP contribution is 2.34. The summed E-state index contributed by atoms with van der Waals surface area (Å²) in [5.74, 6) is -0.777. The lowest BCUT2D eigenvalue weighted by Crippen LogP contribution is -2.44. The summed E-state index contributed by atoms with van der Waals surface area (Å²) in [7, 11) is 0. The van der Waals surface area contributed by atoms with Crippen molar-refractivity contribution in [2.24, 2.45) is 5.92 Å². The number of anilines is 2. The molecule has 198 valence electrons. The fourth-order valence-corrected chi connectivity index (χ4v) is 5.00. The molecule has 0 unspecified atom stereocenters. The topological polar surface area (TPSA) is 105 Å². The van der Waals surface area contributed by atoms with E-state index in [2.05, 4.69) is 21.4 Å². The number of amides is 1. The van der Waals surface area contributed by atoms with E-state index in [9.17, 15) is 23.1 Å². The van der Waals surface area contributed by atoms with Gasteiger partial charge in [0.2, 0.25) is 11.7 Å². The number of hydrogen-bond acceptors (Lipinski definition) is 7. The number of hydrogen-bond donors (Lipinski definition) is 2. The third kappa shape index (κ3) is 6.68. The number of piperidine rings is 1. The Morgan fingerprint density at radius 2 is 1.81 bits per heavy atom. The molecule has 1 atom stereocenters. The van der Waals surface area contributed by atoms with Crippen LogP contribution in [0.15, 0.2) is 30.3 Å². The molecule has 0 spiro atoms. The predicted octanol–water partition coefficient (Wildman–Crippen LogP) is 3.29. The van der Waals surface area contributed by atoms with Crippen molar-refractivity contribution in [3.63, 3.8) is 0 Å². The van der Waals surface area contributed by atoms with E-state index >= 15 is 0 Å². The maximum Gasteiger partial charge on any atom is 0.451 e. The molecule has 2 fully saturated rings. The van der Waals surface area contributed by atoms with Crippen molar-refractivity contribution in [2.75, 3.05) is 42.6 Å². The maximum absolute atomic E-state index is 13.7. The molecule has 2 aliphatic rings. The van der Waals surface area contributed by atoms with Crippen LogP contribution in [0.4, 0.5) is 24.8 Å². The highest BCUT2D eigenvalue weighted by atomic mass is 19.4. The summed E-state index contributed by atoms with van der Waals surface area (Å²) in [5.41, 5.74) is 1.53. The van der Waals surface area contributed by atoms with E-state index in [1.165, 1.54) is 0 Å². The molecule has 1 aromatic carbocycles. The Morgan fingerprint density at radius 3 is 2.46 bits per heavy atom. The quantitative estimate of drug-likeness (QED) is 0.555. The smallest absolute Gasteiger partial charge is 0.396 e. The van der Waals surface area contributed by atoms with Crippen LogP contribution in [0, 0.1) is 17.2 Å². The number of halogens is 3. The van der Waals surface area contributed by atoms with Gasteiger partial charge in [0, 0.05) is 38.9 Å². The number of carbonyl (C=O) groups is 1. The minimum atomic E-state index is -4.71. The van der Waals surface area contributed by atoms with Gasteiger partial charge in [0.15, 0.2) is 0 Å². The number of aromatic nitrogens is 2. The zero-order valence-electron chi connectivity index (χ0n) is 20.5. The normalized spacial score (nSPS) is 18.6. The second-order valence-electron chi connectivity index (χ2n) is 9.55. The molecular formula is C26H31F3N6O2. The van der Waals surface area contributed by atoms with Crippen molar-refractivity contribution in [1.82, 2.24) is 15.3 Å². The molecule has 0 saturated carbocycles. The monoisotopic (exact) mass is 516 g/mol. The Bertz CT molecular complexity index is 1110. The number of nitrogens with one attached hydrogen (secondary N) is 1. The Hall–Kier alpha value is -3.39. The fraction of sp³-hybridized carbons (Fsp3) is 0.538. The van der Waals surface area contributed by atoms with Gasteiger partial charge in [-0.3, -0.25) is 4.79 Å². The Balaban J connectivity index is 1.46. The molecule has 2 saturated heterocycles. The molecule has 1 aromatic heterocycles. The molecule has 2 N–H and O–H groups in total. The minimum Gasteiger partial charge on any atom is -0.396 e. The van der Waals surface area contributed by atoms with E-state index in [1.54, 1.807) is 23.1 Å². The van der Waals surface area contributed by atoms with Crippen molar-refractivity contribution in [1.29, 1.82) is 5.26 Å². The molecule has 2 aliphatic heterocycles. The van der Waals surface area contributed by atoms with Gasteiger partial charge in [-0.05, 0) is 62.1 Å². The summed E-state index contributed by atoms with van der Waals surface area (Å²) in [6.07, 6.45) is -0.710. The standard InChI is InChI=1S/C26H31F3N6O2/c27-26(28,29)25-32-22(34-13-8-19(9-14-34)10-15-36)16-23(33-25)35-12-1-2-21(35)24(37)31-11-7-18-3-5-20(17-30)6-4-18/h3-6,16,19,21,36H,1-2,7-15H2,(H,31,37)/t21-/m0/s1. The zero-order valence-corrected chi connectivity index (χ0v) is 20.5. The van der Waals surface area contributed by atoms with Crippen LogP contribution in [0.3, 0.4) is 0 Å². The number of aliphatic hydroxyl groups excluding tert-OH is 1. The third-order valence-corrected chi connectivity index (χ3v) is 7.07. The van der Waals surface area contributed by atoms with Crippen molar-refractivity contribution in [2.45, 2.75) is 50.7 Å². The van der Waals surface area contributed by atoms with Gasteiger partial charge in [0.1, 0.15) is 17.7 Å². The summed E-state index contributed by atoms with van der Waals surface area (Å²) in [6, 6.07) is 10.1. The van der Waals surface area contributed by atoms with Gasteiger partial charge in [-0.1, -0.05) is 12.1 Å². The van der Waals surface area contributed by atoms with Crippen molar-refractivity contribution in [3.8, 4) is 6.07 Å². The molecular weight excluding hydrogens is 485 g/mol. The van der Waals surface area contributed by atoms with Crippen molar-refractivity contribution >= 4 is 17.5 Å². The first-order chi connectivity index (χ1) is 17.8. The second-order valence-corrected chi connectivity index (χ2v) is 9.55. The van der Waals surface area contributed by atoms with Gasteiger partial charge in [-0.25, -0.2) is 9.97 Å². The lowest BCUT2D eigenvalue weighted by Gasteiger charge is -2.33. The van der Waals surface area contributed by atoms with Crippen molar-refractivity contribution in [3.05, 3.63) is 47.3 Å². The molecule has 0 radical (unpaired) electrons. The van der Waals surface area contributed by atoms with Crippen LogP contribution in [0.5, 0.6) is 0 Å². The van der Waals surface area contributed by atoms with Crippen LogP contribution in [0.1, 0.15) is 49.1 Å². The number of alkyl halides is 3. The number of nitriles is 1. The Labute approximate surface area is 214 Å². The van der Waals surface area contributed by atoms with Crippen LogP contribution in [-0.2, 0) is 17.4 Å². The summed E-state index contributed by atoms with van der Waals surface area (Å²) in [5, 5.41) is 21.0. The van der Waals surface area contributed by atoms with E-state index in [0.717, 1.165) is 18.4 Å². The van der Waals surface area contributed by atoms with E-state index in [4.69, 9.17) is 5.26 Å². The lowest BCUT2D eigenvalue weighted by atomic mass is 9.94. The predicted molar refractivity (Wildman–Crippen MR) is 132 cm³/mol. The van der Waals surface area contributed by atoms with Gasteiger partial charge < -0.3 is 20.2 Å². The minimum absolute atomic E-state index is 0.104. The number of aliphatic hydroxyl groups is 1. The van der Waals surface area contributed by atoms with Gasteiger partial charge >= 0.3 is 6.18 Å². The van der Waals surface area contributed by atoms with Crippen LogP contribution in [-0.4, -0.2) is 59.8 Å². The lowest BCUT2D eigenvalue weighted by molar-refractivity contribution is -0.144. The number of benzene rings is 1. The third-order valence-electron chi connectivity index (χ3n) is 7.07. The molecule has 2 aromatic rings. The SMILES string of the molecule is N#Cc1ccc(CCNC(=O)[C@@H]2CCCN2c2cc(N3CCC(CCO)CC3)nc(C(F)(F)F)n2)cc1. The Morgan fingerprint density at radius 1 is 1.11 bits per heavy atom. The van der Waals surface area contributed by atoms with Crippen LogP contribution >= 0.6 is 0 Å². The molecule has 37 heavy (non-hydrogen) atoms. The maximum atomic E-state index is 13.7. The molecule has 4 rings (SSSR count). The molecule has 11 heteroatoms. The van der Waals surface area contributed by atoms with Gasteiger partial charge in [-0.2, -0.15) is 18.4 Å². The Kier molecular flexibility index (Phi) is 8.48. The molecule has 3 heterocycles. The van der Waals surface area contributed by atoms with Gasteiger partial charge in [-0.15, -0.1) is 0 Å². The van der Waals surface area contributed by atoms with E-state index < -0.39 is 18.0 Å². The van der Waals surface area contributed by atoms with Crippen LogP contribution in [0.25, 0.3) is 0 Å². The summed E-state index contributed by atoms with van der Waals surface area (Å²) >= 11 is 0. The summed E-state index contributed by atoms with van der Waals surface area (Å²) < 4.78 is 41.1. The van der Waals surface area contributed by atoms with Gasteiger partial charge in [0.25, 0.3) is 0 Å². The molecule has 1 amide bonds. The first-order valence-corrected chi connectivity index (χ1v) is 12.6. The van der Waals surface area contributed by atoms with E-state index in [1.807, 2.05) is 17.0 Å². The van der Waals surface area contributed by atoms with Crippen molar-refractivity contribution < 1.29 is 23.1 Å². The van der Waals surface area contributed by atoms with Crippen LogP contribution < -0.4 is 15.1 Å². The number of nitrogens with zero attached hydrogens (tertiary/aromatic N) is 5. The molecule has 8 nitrogen and oxygen atoms in total. The average molecular weight is 517 g/mol. The number of rotatable bonds is 8. The fourth-order valence-electron chi connectivity index (χ4n) is 5.00. The summed E-state index contributed by atoms with van der Waals surface area (Å²) in [6.45, 7) is 2.02. The van der Waals surface area contributed by atoms with E-state index in [-0.39, 0.29) is 24.1 Å². The molecule has 0 aliphatic carbocycles. The summed E-state index contributed by atoms with van der Waals surface area (Å²) in [4.78, 5) is 24.1. The first kappa shape index (κ1) is 26.7. The number of carbonyl (C=O) groups excluding carboxylic acids is 1. The highest BCUT2D eigenvalue weighted by molar-refractivity contribution is 5.85. The van der Waals surface area contributed by atoms with Crippen LogP contribution in [0.2, 0.25) is 0 Å². The average Bonchev–Trinajstić information content (AvgIpc) is 3.39. The first-order valence-electron chi connectivity index (χ1n) is 12.6. The molecule has 0 bridgehead atoms. The second kappa shape index (κ2) is 11.8. The zero-order chi connectivity index (χ0) is 26.4. The largest absolute Gasteiger partial charge is 0.451 e. The van der Waals surface area contributed by atoms with E-state index in [0.29, 0.717) is 63.3 Å². The highest BCUT2D eigenvalue weighted by Gasteiger charge is 2.38. The van der Waals surface area contributed by atoms with Gasteiger partial charge in [0.05, 0.1) is 11.6 Å².